The summed E-state index contributed by atoms with van der Waals surface area (Å²) in [5, 5.41) is 7.31. The van der Waals surface area contributed by atoms with Crippen LogP contribution in [0.5, 0.6) is 0 Å². The molecule has 2 aromatic heterocycles. The fraction of sp³-hybridized carbons (Fsp3) is 0.263. The van der Waals surface area contributed by atoms with Gasteiger partial charge < -0.3 is 9.73 Å². The lowest BCUT2D eigenvalue weighted by atomic mass is 10.1. The number of hydrogen-bond donors (Lipinski definition) is 1. The summed E-state index contributed by atoms with van der Waals surface area (Å²) < 4.78 is 7.54. The molecule has 24 heavy (non-hydrogen) atoms. The Morgan fingerprint density at radius 2 is 1.96 bits per heavy atom. The predicted molar refractivity (Wildman–Crippen MR) is 93.4 cm³/mol. The van der Waals surface area contributed by atoms with E-state index in [1.165, 1.54) is 0 Å². The van der Waals surface area contributed by atoms with E-state index in [2.05, 4.69) is 10.4 Å². The van der Waals surface area contributed by atoms with E-state index >= 15 is 0 Å². The molecule has 2 heterocycles. The Morgan fingerprint density at radius 1 is 1.17 bits per heavy atom. The lowest BCUT2D eigenvalue weighted by Gasteiger charge is -2.09. The molecule has 0 aliphatic heterocycles. The minimum atomic E-state index is -0.247. The first kappa shape index (κ1) is 16.1. The molecule has 0 unspecified atom stereocenters. The van der Waals surface area contributed by atoms with Crippen molar-refractivity contribution in [3.8, 4) is 0 Å². The Bertz CT molecular complexity index is 890. The highest BCUT2D eigenvalue weighted by Crippen LogP contribution is 2.19. The standard InChI is InChI=1S/C19H21N3O2/c1-12-6-5-7-17(15(12)4)20-19(23)18-9-8-16(24-18)11-22-14(3)10-13(2)21-22/h5-10H,11H2,1-4H3,(H,20,23). The van der Waals surface area contributed by atoms with Crippen LogP contribution in [0.15, 0.2) is 40.8 Å². The van der Waals surface area contributed by atoms with Gasteiger partial charge in [-0.15, -0.1) is 0 Å². The van der Waals surface area contributed by atoms with Gasteiger partial charge in [0.05, 0.1) is 12.2 Å². The van der Waals surface area contributed by atoms with Crippen LogP contribution >= 0.6 is 0 Å². The second-order valence-corrected chi connectivity index (χ2v) is 6.05. The van der Waals surface area contributed by atoms with Gasteiger partial charge in [-0.3, -0.25) is 9.48 Å². The number of anilines is 1. The zero-order valence-electron chi connectivity index (χ0n) is 14.4. The smallest absolute Gasteiger partial charge is 0.291 e. The number of furan rings is 1. The van der Waals surface area contributed by atoms with Crippen molar-refractivity contribution in [1.29, 1.82) is 0 Å². The molecule has 0 aliphatic rings. The van der Waals surface area contributed by atoms with Crippen molar-refractivity contribution in [2.75, 3.05) is 5.32 Å². The molecule has 0 atom stereocenters. The van der Waals surface area contributed by atoms with E-state index in [-0.39, 0.29) is 5.91 Å². The van der Waals surface area contributed by atoms with Crippen molar-refractivity contribution in [2.45, 2.75) is 34.2 Å². The minimum absolute atomic E-state index is 0.247. The molecule has 5 heteroatoms. The maximum absolute atomic E-state index is 12.4. The summed E-state index contributed by atoms with van der Waals surface area (Å²) in [7, 11) is 0. The Labute approximate surface area is 141 Å². The minimum Gasteiger partial charge on any atom is -0.454 e. The number of nitrogens with zero attached hydrogens (tertiary/aromatic N) is 2. The van der Waals surface area contributed by atoms with Crippen LogP contribution in [-0.2, 0) is 6.54 Å². The third-order valence-corrected chi connectivity index (χ3v) is 4.15. The normalized spacial score (nSPS) is 10.8. The molecule has 0 aliphatic carbocycles. The lowest BCUT2D eigenvalue weighted by Crippen LogP contribution is -2.12. The Morgan fingerprint density at radius 3 is 2.67 bits per heavy atom. The molecule has 5 nitrogen and oxygen atoms in total. The van der Waals surface area contributed by atoms with Crippen LogP contribution in [0.1, 0.15) is 38.8 Å². The van der Waals surface area contributed by atoms with Crippen molar-refractivity contribution in [1.82, 2.24) is 9.78 Å². The van der Waals surface area contributed by atoms with Gasteiger partial charge >= 0.3 is 0 Å². The number of benzene rings is 1. The Balaban J connectivity index is 1.74. The summed E-state index contributed by atoms with van der Waals surface area (Å²) in [4.78, 5) is 12.4. The Kier molecular flexibility index (Phi) is 4.25. The fourth-order valence-corrected chi connectivity index (χ4v) is 2.64. The van der Waals surface area contributed by atoms with Crippen LogP contribution in [0, 0.1) is 27.7 Å². The second-order valence-electron chi connectivity index (χ2n) is 6.05. The van der Waals surface area contributed by atoms with E-state index in [0.717, 1.165) is 28.2 Å². The number of carbonyl (C=O) groups excluding carboxylic acids is 1. The fourth-order valence-electron chi connectivity index (χ4n) is 2.64. The summed E-state index contributed by atoms with van der Waals surface area (Å²) in [6.45, 7) is 8.47. The topological polar surface area (TPSA) is 60.1 Å². The summed E-state index contributed by atoms with van der Waals surface area (Å²) >= 11 is 0. The molecule has 0 radical (unpaired) electrons. The molecule has 0 spiro atoms. The van der Waals surface area contributed by atoms with E-state index in [1.54, 1.807) is 6.07 Å². The number of carbonyl (C=O) groups is 1. The van der Waals surface area contributed by atoms with Gasteiger partial charge in [-0.2, -0.15) is 5.10 Å². The third-order valence-electron chi connectivity index (χ3n) is 4.15. The number of nitrogens with one attached hydrogen (secondary N) is 1. The van der Waals surface area contributed by atoms with Gasteiger partial charge in [0.15, 0.2) is 5.76 Å². The quantitative estimate of drug-likeness (QED) is 0.789. The predicted octanol–water partition coefficient (Wildman–Crippen LogP) is 4.01. The number of hydrogen-bond acceptors (Lipinski definition) is 3. The molecule has 0 saturated carbocycles. The average molecular weight is 323 g/mol. The largest absolute Gasteiger partial charge is 0.454 e. The van der Waals surface area contributed by atoms with E-state index in [1.807, 2.05) is 62.7 Å². The molecule has 0 fully saturated rings. The van der Waals surface area contributed by atoms with Gasteiger partial charge in [-0.05, 0) is 63.1 Å². The summed E-state index contributed by atoms with van der Waals surface area (Å²) in [6, 6.07) is 11.4. The van der Waals surface area contributed by atoms with Crippen LogP contribution in [0.3, 0.4) is 0 Å². The molecule has 0 saturated heterocycles. The van der Waals surface area contributed by atoms with Gasteiger partial charge in [0.25, 0.3) is 5.91 Å². The summed E-state index contributed by atoms with van der Waals surface area (Å²) in [5.41, 5.74) is 5.02. The van der Waals surface area contributed by atoms with Crippen LogP contribution in [0.2, 0.25) is 0 Å². The third kappa shape index (κ3) is 3.25. The number of aryl methyl sites for hydroxylation is 3. The van der Waals surface area contributed by atoms with Gasteiger partial charge in [0.1, 0.15) is 5.76 Å². The molecular formula is C19H21N3O2. The van der Waals surface area contributed by atoms with Crippen molar-refractivity contribution in [3.63, 3.8) is 0 Å². The monoisotopic (exact) mass is 323 g/mol. The van der Waals surface area contributed by atoms with Crippen LogP contribution in [0.4, 0.5) is 5.69 Å². The van der Waals surface area contributed by atoms with Gasteiger partial charge in [-0.25, -0.2) is 0 Å². The molecule has 1 amide bonds. The first-order valence-electron chi connectivity index (χ1n) is 7.91. The van der Waals surface area contributed by atoms with E-state index in [9.17, 15) is 4.79 Å². The highest BCUT2D eigenvalue weighted by atomic mass is 16.4. The van der Waals surface area contributed by atoms with Crippen LogP contribution < -0.4 is 5.32 Å². The first-order chi connectivity index (χ1) is 11.4. The van der Waals surface area contributed by atoms with Crippen molar-refractivity contribution >= 4 is 11.6 Å². The van der Waals surface area contributed by atoms with Gasteiger partial charge in [-0.1, -0.05) is 12.1 Å². The molecule has 124 valence electrons. The lowest BCUT2D eigenvalue weighted by molar-refractivity contribution is 0.0994. The number of aromatic nitrogens is 2. The van der Waals surface area contributed by atoms with Gasteiger partial charge in [0.2, 0.25) is 0 Å². The number of rotatable bonds is 4. The van der Waals surface area contributed by atoms with E-state index in [4.69, 9.17) is 4.42 Å². The zero-order valence-corrected chi connectivity index (χ0v) is 14.4. The average Bonchev–Trinajstić information content (AvgIpc) is 3.11. The highest BCUT2D eigenvalue weighted by molar-refractivity contribution is 6.02. The molecule has 1 aromatic carbocycles. The van der Waals surface area contributed by atoms with E-state index < -0.39 is 0 Å². The molecule has 3 rings (SSSR count). The van der Waals surface area contributed by atoms with Crippen molar-refractivity contribution in [3.05, 3.63) is 70.4 Å². The SMILES string of the molecule is Cc1cc(C)n(Cc2ccc(C(=O)Nc3cccc(C)c3C)o2)n1. The van der Waals surface area contributed by atoms with E-state index in [0.29, 0.717) is 18.1 Å². The van der Waals surface area contributed by atoms with Crippen molar-refractivity contribution < 1.29 is 9.21 Å². The maximum Gasteiger partial charge on any atom is 0.291 e. The molecule has 3 aromatic rings. The maximum atomic E-state index is 12.4. The molecular weight excluding hydrogens is 302 g/mol. The summed E-state index contributed by atoms with van der Waals surface area (Å²) in [6.07, 6.45) is 0. The first-order valence-corrected chi connectivity index (χ1v) is 7.91. The van der Waals surface area contributed by atoms with Crippen molar-refractivity contribution in [2.24, 2.45) is 0 Å². The van der Waals surface area contributed by atoms with Gasteiger partial charge in [0, 0.05) is 11.4 Å². The zero-order chi connectivity index (χ0) is 17.3. The molecule has 0 bridgehead atoms. The number of amides is 1. The van der Waals surface area contributed by atoms with Crippen LogP contribution in [-0.4, -0.2) is 15.7 Å². The highest BCUT2D eigenvalue weighted by Gasteiger charge is 2.14. The molecule has 1 N–H and O–H groups in total. The summed E-state index contributed by atoms with van der Waals surface area (Å²) in [5.74, 6) is 0.753. The Hall–Kier alpha value is -2.82. The van der Waals surface area contributed by atoms with Crippen LogP contribution in [0.25, 0.3) is 0 Å². The second kappa shape index (κ2) is 6.35.